The number of hydrogen-bond acceptors (Lipinski definition) is 9. The maximum absolute atomic E-state index is 13.0. The summed E-state index contributed by atoms with van der Waals surface area (Å²) in [6.45, 7) is 4.27. The lowest BCUT2D eigenvalue weighted by molar-refractivity contribution is -0.143. The highest BCUT2D eigenvalue weighted by molar-refractivity contribution is 6.38. The number of nitrogens with zero attached hydrogens (tertiary/aromatic N) is 3. The van der Waals surface area contributed by atoms with Crippen molar-refractivity contribution in [3.8, 4) is 0 Å². The third kappa shape index (κ3) is 9.10. The van der Waals surface area contributed by atoms with Crippen LogP contribution in [0.1, 0.15) is 56.9 Å². The average Bonchev–Trinajstić information content (AvgIpc) is 3.43. The molecule has 1 aromatic heterocycles. The van der Waals surface area contributed by atoms with E-state index in [0.29, 0.717) is 19.3 Å². The van der Waals surface area contributed by atoms with E-state index in [9.17, 15) is 33.6 Å². The standard InChI is InChI=1S/C25H35N7O8/c1-4-6-15(21(36)25(40)29-13-19(34)35)30-23(38)17-7-5-10-32(17)18(33)12-28-24(39)20(14(2)3)31-22(37)16-11-26-8-9-27-16/h8-9,11,14-15,17,20H,4-7,10,12-13H2,1-3H3,(H,28,39)(H,29,40)(H,30,38)(H,31,37)(H,34,35)/t15?,17-,20?/m0/s1. The van der Waals surface area contributed by atoms with Crippen LogP contribution in [0.2, 0.25) is 0 Å². The summed E-state index contributed by atoms with van der Waals surface area (Å²) in [6, 6.07) is -3.07. The molecule has 1 fully saturated rings. The lowest BCUT2D eigenvalue weighted by atomic mass is 10.0. The number of carboxylic acids is 1. The number of carboxylic acid groups (broad SMARTS) is 1. The van der Waals surface area contributed by atoms with E-state index in [-0.39, 0.29) is 24.6 Å². The minimum absolute atomic E-state index is 0.0298. The number of Topliss-reactive ketones (excluding diaryl/α,β-unsaturated/α-hetero) is 1. The van der Waals surface area contributed by atoms with Crippen LogP contribution in [0, 0.1) is 5.92 Å². The number of aliphatic carboxylic acids is 1. The van der Waals surface area contributed by atoms with Crippen LogP contribution in [0.3, 0.4) is 0 Å². The van der Waals surface area contributed by atoms with Crippen molar-refractivity contribution in [3.05, 3.63) is 24.3 Å². The van der Waals surface area contributed by atoms with Crippen molar-refractivity contribution in [1.82, 2.24) is 36.1 Å². The van der Waals surface area contributed by atoms with Gasteiger partial charge in [0.1, 0.15) is 24.3 Å². The summed E-state index contributed by atoms with van der Waals surface area (Å²) in [5.74, 6) is -6.12. The molecule has 0 spiro atoms. The molecule has 3 atom stereocenters. The summed E-state index contributed by atoms with van der Waals surface area (Å²) < 4.78 is 0. The zero-order valence-electron chi connectivity index (χ0n) is 22.6. The molecule has 0 aliphatic carbocycles. The fourth-order valence-electron chi connectivity index (χ4n) is 4.11. The Kier molecular flexibility index (Phi) is 12.1. The second kappa shape index (κ2) is 15.2. The van der Waals surface area contributed by atoms with Crippen LogP contribution in [-0.2, 0) is 28.8 Å². The van der Waals surface area contributed by atoms with Crippen LogP contribution in [0.25, 0.3) is 0 Å². The van der Waals surface area contributed by atoms with Gasteiger partial charge >= 0.3 is 5.97 Å². The summed E-state index contributed by atoms with van der Waals surface area (Å²) in [4.78, 5) is 95.4. The highest BCUT2D eigenvalue weighted by Gasteiger charge is 2.37. The molecule has 0 radical (unpaired) electrons. The van der Waals surface area contributed by atoms with Crippen LogP contribution >= 0.6 is 0 Å². The first-order valence-corrected chi connectivity index (χ1v) is 12.9. The lowest BCUT2D eigenvalue weighted by Crippen LogP contribution is -2.55. The van der Waals surface area contributed by atoms with Crippen LogP contribution < -0.4 is 21.3 Å². The van der Waals surface area contributed by atoms with Gasteiger partial charge in [-0.05, 0) is 25.2 Å². The van der Waals surface area contributed by atoms with Crippen molar-refractivity contribution < 1.29 is 38.7 Å². The van der Waals surface area contributed by atoms with Gasteiger partial charge in [0.25, 0.3) is 11.8 Å². The molecule has 2 heterocycles. The molecule has 1 aliphatic rings. The van der Waals surface area contributed by atoms with Crippen molar-refractivity contribution in [2.45, 2.75) is 64.6 Å². The molecular weight excluding hydrogens is 526 g/mol. The number of nitrogens with one attached hydrogen (secondary N) is 4. The summed E-state index contributed by atoms with van der Waals surface area (Å²) in [5.41, 5.74) is 0.0298. The van der Waals surface area contributed by atoms with Crippen LogP contribution in [0.15, 0.2) is 18.6 Å². The smallest absolute Gasteiger partial charge is 0.322 e. The minimum atomic E-state index is -1.32. The number of aromatic nitrogens is 2. The Labute approximate surface area is 230 Å². The molecule has 40 heavy (non-hydrogen) atoms. The Morgan fingerprint density at radius 1 is 1.05 bits per heavy atom. The zero-order valence-corrected chi connectivity index (χ0v) is 22.6. The average molecular weight is 562 g/mol. The first kappa shape index (κ1) is 31.8. The van der Waals surface area contributed by atoms with Gasteiger partial charge in [0, 0.05) is 18.9 Å². The Balaban J connectivity index is 1.98. The number of hydrogen-bond donors (Lipinski definition) is 5. The molecule has 1 aromatic rings. The molecule has 0 aromatic carbocycles. The van der Waals surface area contributed by atoms with Gasteiger partial charge in [-0.3, -0.25) is 38.5 Å². The molecule has 15 heteroatoms. The number of amides is 5. The number of rotatable bonds is 14. The normalized spacial score (nSPS) is 16.0. The van der Waals surface area contributed by atoms with Gasteiger partial charge in [0.05, 0.1) is 18.8 Å². The molecule has 0 bridgehead atoms. The summed E-state index contributed by atoms with van der Waals surface area (Å²) >= 11 is 0. The number of likely N-dealkylation sites (tertiary alicyclic amines) is 1. The molecule has 5 N–H and O–H groups in total. The van der Waals surface area contributed by atoms with E-state index in [2.05, 4.69) is 25.9 Å². The van der Waals surface area contributed by atoms with E-state index in [4.69, 9.17) is 5.11 Å². The minimum Gasteiger partial charge on any atom is -0.480 e. The summed E-state index contributed by atoms with van der Waals surface area (Å²) in [5, 5.41) is 18.3. The Morgan fingerprint density at radius 3 is 2.38 bits per heavy atom. The van der Waals surface area contributed by atoms with Crippen LogP contribution in [0.5, 0.6) is 0 Å². The molecular formula is C25H35N7O8. The molecule has 5 amide bonds. The predicted octanol–water partition coefficient (Wildman–Crippen LogP) is -1.61. The SMILES string of the molecule is CCCC(NC(=O)[C@@H]1CCCN1C(=O)CNC(=O)C(NC(=O)c1cnccn1)C(C)C)C(=O)C(=O)NCC(=O)O. The maximum atomic E-state index is 13.0. The third-order valence-corrected chi connectivity index (χ3v) is 6.16. The Morgan fingerprint density at radius 2 is 1.77 bits per heavy atom. The fourth-order valence-corrected chi connectivity index (χ4v) is 4.11. The monoisotopic (exact) mass is 561 g/mol. The first-order valence-electron chi connectivity index (χ1n) is 12.9. The van der Waals surface area contributed by atoms with Crippen molar-refractivity contribution in [3.63, 3.8) is 0 Å². The highest BCUT2D eigenvalue weighted by atomic mass is 16.4. The van der Waals surface area contributed by atoms with Crippen LogP contribution in [0.4, 0.5) is 0 Å². The summed E-state index contributed by atoms with van der Waals surface area (Å²) in [7, 11) is 0. The lowest BCUT2D eigenvalue weighted by Gasteiger charge is -2.27. The number of carbonyl (C=O) groups excluding carboxylic acids is 6. The molecule has 218 valence electrons. The molecule has 1 aliphatic heterocycles. The second-order valence-corrected chi connectivity index (χ2v) is 9.54. The highest BCUT2D eigenvalue weighted by Crippen LogP contribution is 2.18. The largest absolute Gasteiger partial charge is 0.480 e. The summed E-state index contributed by atoms with van der Waals surface area (Å²) in [6.07, 6.45) is 5.41. The zero-order chi connectivity index (χ0) is 29.8. The first-order chi connectivity index (χ1) is 19.0. The topological polar surface area (TPSA) is 217 Å². The van der Waals surface area contributed by atoms with E-state index in [1.54, 1.807) is 20.8 Å². The van der Waals surface area contributed by atoms with E-state index in [0.717, 1.165) is 0 Å². The number of ketones is 1. The quantitative estimate of drug-likeness (QED) is 0.164. The van der Waals surface area contributed by atoms with Gasteiger partial charge in [0.15, 0.2) is 0 Å². The molecule has 2 rings (SSSR count). The van der Waals surface area contributed by atoms with Gasteiger partial charge in [-0.1, -0.05) is 27.2 Å². The third-order valence-electron chi connectivity index (χ3n) is 6.16. The van der Waals surface area contributed by atoms with Gasteiger partial charge in [-0.2, -0.15) is 0 Å². The van der Waals surface area contributed by atoms with Crippen molar-refractivity contribution in [2.75, 3.05) is 19.6 Å². The maximum Gasteiger partial charge on any atom is 0.322 e. The molecule has 2 unspecified atom stereocenters. The van der Waals surface area contributed by atoms with Crippen molar-refractivity contribution >= 4 is 41.3 Å². The fraction of sp³-hybridized carbons (Fsp3) is 0.560. The second-order valence-electron chi connectivity index (χ2n) is 9.54. The van der Waals surface area contributed by atoms with Crippen LogP contribution in [-0.4, -0.2) is 99.0 Å². The van der Waals surface area contributed by atoms with Gasteiger partial charge in [0.2, 0.25) is 23.5 Å². The van der Waals surface area contributed by atoms with E-state index in [1.807, 2.05) is 5.32 Å². The van der Waals surface area contributed by atoms with Gasteiger partial charge < -0.3 is 31.3 Å². The van der Waals surface area contributed by atoms with Gasteiger partial charge in [-0.25, -0.2) is 4.98 Å². The van der Waals surface area contributed by atoms with Crippen molar-refractivity contribution in [1.29, 1.82) is 0 Å². The number of carbonyl (C=O) groups is 7. The van der Waals surface area contributed by atoms with Gasteiger partial charge in [-0.15, -0.1) is 0 Å². The van der Waals surface area contributed by atoms with Crippen molar-refractivity contribution in [2.24, 2.45) is 5.92 Å². The van der Waals surface area contributed by atoms with E-state index >= 15 is 0 Å². The van der Waals surface area contributed by atoms with E-state index in [1.165, 1.54) is 23.5 Å². The molecule has 15 nitrogen and oxygen atoms in total. The Hall–Kier alpha value is -4.43. The molecule has 0 saturated carbocycles. The molecule has 1 saturated heterocycles. The van der Waals surface area contributed by atoms with E-state index < -0.39 is 72.5 Å². The Bertz CT molecular complexity index is 1110. The predicted molar refractivity (Wildman–Crippen MR) is 138 cm³/mol.